The molecule has 0 saturated heterocycles. The van der Waals surface area contributed by atoms with Crippen LogP contribution in [0.5, 0.6) is 11.5 Å². The van der Waals surface area contributed by atoms with Crippen LogP contribution >= 0.6 is 27.5 Å². The highest BCUT2D eigenvalue weighted by atomic mass is 79.9. The predicted octanol–water partition coefficient (Wildman–Crippen LogP) is 5.61. The Kier molecular flexibility index (Phi) is 6.20. The van der Waals surface area contributed by atoms with Gasteiger partial charge in [0.05, 0.1) is 27.6 Å². The molecular formula is C22H18BrClFN3O3. The first-order chi connectivity index (χ1) is 14.9. The van der Waals surface area contributed by atoms with Crippen molar-refractivity contribution in [1.82, 2.24) is 9.97 Å². The van der Waals surface area contributed by atoms with Gasteiger partial charge in [-0.25, -0.2) is 9.18 Å². The van der Waals surface area contributed by atoms with Crippen LogP contribution in [0.1, 0.15) is 11.1 Å². The van der Waals surface area contributed by atoms with Crippen molar-refractivity contribution in [2.45, 2.75) is 13.2 Å². The molecule has 0 radical (unpaired) electrons. The molecule has 9 heteroatoms. The van der Waals surface area contributed by atoms with Crippen molar-refractivity contribution in [3.63, 3.8) is 0 Å². The molecule has 0 spiro atoms. The van der Waals surface area contributed by atoms with Gasteiger partial charge < -0.3 is 24.8 Å². The van der Waals surface area contributed by atoms with E-state index in [4.69, 9.17) is 21.1 Å². The lowest BCUT2D eigenvalue weighted by Gasteiger charge is -2.16. The number of nitrogens with one attached hydrogen (secondary N) is 3. The Balaban J connectivity index is 1.50. The Labute approximate surface area is 190 Å². The zero-order valence-corrected chi connectivity index (χ0v) is 18.7. The lowest BCUT2D eigenvalue weighted by Crippen LogP contribution is -2.04. The largest absolute Gasteiger partial charge is 0.493 e. The van der Waals surface area contributed by atoms with Gasteiger partial charge in [0.15, 0.2) is 11.5 Å². The lowest BCUT2D eigenvalue weighted by molar-refractivity contribution is 0.278. The van der Waals surface area contributed by atoms with Crippen molar-refractivity contribution < 1.29 is 13.9 Å². The minimum absolute atomic E-state index is 0.0348. The lowest BCUT2D eigenvalue weighted by atomic mass is 10.2. The van der Waals surface area contributed by atoms with Crippen molar-refractivity contribution in [3.8, 4) is 11.5 Å². The molecule has 0 unspecified atom stereocenters. The molecule has 4 aromatic rings. The van der Waals surface area contributed by atoms with Gasteiger partial charge in [-0.3, -0.25) is 0 Å². The highest BCUT2D eigenvalue weighted by molar-refractivity contribution is 9.10. The number of ether oxygens (including phenoxy) is 2. The van der Waals surface area contributed by atoms with Gasteiger partial charge in [-0.15, -0.1) is 0 Å². The molecule has 0 fully saturated rings. The molecule has 1 heterocycles. The van der Waals surface area contributed by atoms with Crippen molar-refractivity contribution in [3.05, 3.63) is 85.5 Å². The second kappa shape index (κ2) is 9.03. The van der Waals surface area contributed by atoms with Crippen molar-refractivity contribution in [2.75, 3.05) is 12.4 Å². The molecule has 6 nitrogen and oxygen atoms in total. The number of fused-ring (bicyclic) bond motifs is 1. The number of rotatable bonds is 7. The van der Waals surface area contributed by atoms with Crippen LogP contribution < -0.4 is 20.5 Å². The Hall–Kier alpha value is -2.97. The third-order valence-corrected chi connectivity index (χ3v) is 5.67. The zero-order chi connectivity index (χ0) is 22.0. The minimum Gasteiger partial charge on any atom is -0.493 e. The van der Waals surface area contributed by atoms with Crippen molar-refractivity contribution in [2.24, 2.45) is 0 Å². The van der Waals surface area contributed by atoms with Gasteiger partial charge in [0.25, 0.3) is 0 Å². The molecular weight excluding hydrogens is 489 g/mol. The summed E-state index contributed by atoms with van der Waals surface area (Å²) in [7, 11) is 1.54. The number of methoxy groups -OCH3 is 1. The number of hydrogen-bond donors (Lipinski definition) is 3. The van der Waals surface area contributed by atoms with E-state index < -0.39 is 5.82 Å². The normalized spacial score (nSPS) is 11.0. The van der Waals surface area contributed by atoms with Crippen molar-refractivity contribution in [1.29, 1.82) is 0 Å². The maximum absolute atomic E-state index is 14.0. The molecule has 1 aromatic heterocycles. The molecule has 0 aliphatic rings. The number of aromatic nitrogens is 2. The predicted molar refractivity (Wildman–Crippen MR) is 123 cm³/mol. The molecule has 4 rings (SSSR count). The summed E-state index contributed by atoms with van der Waals surface area (Å²) in [6, 6.07) is 13.8. The topological polar surface area (TPSA) is 79.1 Å². The second-order valence-electron chi connectivity index (χ2n) is 6.79. The first kappa shape index (κ1) is 21.3. The van der Waals surface area contributed by atoms with E-state index in [9.17, 15) is 9.18 Å². The summed E-state index contributed by atoms with van der Waals surface area (Å²) in [5, 5.41) is 3.62. The van der Waals surface area contributed by atoms with Gasteiger partial charge in [0.2, 0.25) is 0 Å². The summed E-state index contributed by atoms with van der Waals surface area (Å²) in [6.07, 6.45) is 0. The summed E-state index contributed by atoms with van der Waals surface area (Å²) >= 11 is 9.59. The fourth-order valence-corrected chi connectivity index (χ4v) is 4.00. The molecule has 0 atom stereocenters. The molecule has 31 heavy (non-hydrogen) atoms. The highest BCUT2D eigenvalue weighted by Crippen LogP contribution is 2.38. The summed E-state index contributed by atoms with van der Waals surface area (Å²) in [4.78, 5) is 16.9. The van der Waals surface area contributed by atoms with Gasteiger partial charge in [0.1, 0.15) is 12.4 Å². The molecule has 0 amide bonds. The number of H-pyrrole nitrogens is 2. The number of benzene rings is 3. The maximum atomic E-state index is 14.0. The van der Waals surface area contributed by atoms with Crippen LogP contribution in [-0.2, 0) is 13.2 Å². The van der Waals surface area contributed by atoms with E-state index in [1.165, 1.54) is 13.2 Å². The van der Waals surface area contributed by atoms with E-state index in [1.807, 2.05) is 30.3 Å². The number of aromatic amines is 2. The summed E-state index contributed by atoms with van der Waals surface area (Å²) < 4.78 is 26.0. The molecule has 3 aromatic carbocycles. The molecule has 160 valence electrons. The fourth-order valence-electron chi connectivity index (χ4n) is 3.18. The van der Waals surface area contributed by atoms with E-state index in [0.29, 0.717) is 27.5 Å². The third kappa shape index (κ3) is 4.70. The quantitative estimate of drug-likeness (QED) is 0.304. The van der Waals surface area contributed by atoms with E-state index >= 15 is 0 Å². The Morgan fingerprint density at radius 3 is 2.71 bits per heavy atom. The van der Waals surface area contributed by atoms with Gasteiger partial charge >= 0.3 is 5.69 Å². The SMILES string of the molecule is COc1cc(CNc2ccc3[nH]c(=O)[nH]c3c2)cc(Br)c1OCc1c(F)cccc1Cl. The molecule has 0 bridgehead atoms. The Morgan fingerprint density at radius 2 is 1.94 bits per heavy atom. The first-order valence-corrected chi connectivity index (χ1v) is 10.5. The van der Waals surface area contributed by atoms with Crippen LogP contribution in [0, 0.1) is 5.82 Å². The van der Waals surface area contributed by atoms with Crippen LogP contribution in [0.15, 0.2) is 57.8 Å². The number of hydrogen-bond acceptors (Lipinski definition) is 4. The second-order valence-corrected chi connectivity index (χ2v) is 8.05. The number of imidazole rings is 1. The summed E-state index contributed by atoms with van der Waals surface area (Å²) in [5.41, 5.74) is 3.30. The third-order valence-electron chi connectivity index (χ3n) is 4.72. The molecule has 0 aliphatic carbocycles. The van der Waals surface area contributed by atoms with Gasteiger partial charge in [-0.05, 0) is 64.0 Å². The molecule has 0 aliphatic heterocycles. The Morgan fingerprint density at radius 1 is 1.13 bits per heavy atom. The summed E-state index contributed by atoms with van der Waals surface area (Å²) in [5.74, 6) is 0.532. The van der Waals surface area contributed by atoms with Crippen LogP contribution in [0.4, 0.5) is 10.1 Å². The van der Waals surface area contributed by atoms with Crippen LogP contribution in [0.25, 0.3) is 11.0 Å². The minimum atomic E-state index is -0.427. The van der Waals surface area contributed by atoms with E-state index in [-0.39, 0.29) is 17.9 Å². The van der Waals surface area contributed by atoms with Crippen LogP contribution in [0.3, 0.4) is 0 Å². The Bertz CT molecular complexity index is 1280. The van der Waals surface area contributed by atoms with Crippen molar-refractivity contribution >= 4 is 44.3 Å². The number of halogens is 3. The van der Waals surface area contributed by atoms with E-state index in [1.54, 1.807) is 12.1 Å². The average Bonchev–Trinajstić information content (AvgIpc) is 3.11. The maximum Gasteiger partial charge on any atom is 0.323 e. The molecule has 0 saturated carbocycles. The van der Waals surface area contributed by atoms with Crippen LogP contribution in [-0.4, -0.2) is 17.1 Å². The highest BCUT2D eigenvalue weighted by Gasteiger charge is 2.15. The van der Waals surface area contributed by atoms with E-state index in [2.05, 4.69) is 31.2 Å². The number of anilines is 1. The molecule has 3 N–H and O–H groups in total. The zero-order valence-electron chi connectivity index (χ0n) is 16.4. The van der Waals surface area contributed by atoms with Gasteiger partial charge in [0, 0.05) is 17.8 Å². The van der Waals surface area contributed by atoms with Gasteiger partial charge in [-0.1, -0.05) is 17.7 Å². The summed E-state index contributed by atoms with van der Waals surface area (Å²) in [6.45, 7) is 0.474. The van der Waals surface area contributed by atoms with E-state index in [0.717, 1.165) is 22.3 Å². The standard InChI is InChI=1S/C22H18BrClFN3O3/c1-30-20-8-12(10-26-13-5-6-18-19(9-13)28-22(29)27-18)7-15(23)21(20)31-11-14-16(24)3-2-4-17(14)25/h2-9,26H,10-11H2,1H3,(H2,27,28,29). The fraction of sp³-hybridized carbons (Fsp3) is 0.136. The van der Waals surface area contributed by atoms with Gasteiger partial charge in [-0.2, -0.15) is 0 Å². The smallest absolute Gasteiger partial charge is 0.323 e. The first-order valence-electron chi connectivity index (χ1n) is 9.32. The monoisotopic (exact) mass is 505 g/mol. The van der Waals surface area contributed by atoms with Crippen LogP contribution in [0.2, 0.25) is 5.02 Å². The average molecular weight is 507 g/mol.